The van der Waals surface area contributed by atoms with Crippen molar-refractivity contribution in [2.75, 3.05) is 39.7 Å². The van der Waals surface area contributed by atoms with Gasteiger partial charge in [-0.1, -0.05) is 6.08 Å². The Balaban J connectivity index is 1.51. The molecule has 2 saturated heterocycles. The molecule has 3 aliphatic heterocycles. The fourth-order valence-corrected chi connectivity index (χ4v) is 4.23. The smallest absolute Gasteiger partial charge is 0.254 e. The highest BCUT2D eigenvalue weighted by molar-refractivity contribution is 5.95. The molecule has 2 unspecified atom stereocenters. The molecule has 0 N–H and O–H groups in total. The summed E-state index contributed by atoms with van der Waals surface area (Å²) in [6.45, 7) is 7.18. The van der Waals surface area contributed by atoms with Crippen molar-refractivity contribution in [1.82, 2.24) is 4.90 Å². The summed E-state index contributed by atoms with van der Waals surface area (Å²) in [5, 5.41) is 0. The van der Waals surface area contributed by atoms with E-state index in [9.17, 15) is 4.79 Å². The second-order valence-electron chi connectivity index (χ2n) is 7.21. The van der Waals surface area contributed by atoms with E-state index in [0.29, 0.717) is 43.4 Å². The van der Waals surface area contributed by atoms with Crippen LogP contribution >= 0.6 is 0 Å². The normalized spacial score (nSPS) is 27.1. The minimum absolute atomic E-state index is 0.0235. The zero-order valence-corrected chi connectivity index (χ0v) is 14.9. The van der Waals surface area contributed by atoms with E-state index in [1.807, 2.05) is 4.90 Å². The van der Waals surface area contributed by atoms with Crippen molar-refractivity contribution in [2.24, 2.45) is 5.41 Å². The number of fused-ring (bicyclic) bond motifs is 2. The van der Waals surface area contributed by atoms with Crippen molar-refractivity contribution >= 4 is 5.91 Å². The van der Waals surface area contributed by atoms with Gasteiger partial charge in [-0.25, -0.2) is 0 Å². The number of likely N-dealkylation sites (tertiary alicyclic amines) is 1. The lowest BCUT2D eigenvalue weighted by Crippen LogP contribution is -2.58. The topological polar surface area (TPSA) is 57.2 Å². The third kappa shape index (κ3) is 3.19. The fourth-order valence-electron chi connectivity index (χ4n) is 4.23. The Morgan fingerprint density at radius 3 is 3.15 bits per heavy atom. The Morgan fingerprint density at radius 1 is 1.38 bits per heavy atom. The average molecular weight is 359 g/mol. The number of amides is 1. The molecule has 3 aliphatic rings. The largest absolute Gasteiger partial charge is 0.454 e. The molecular weight excluding hydrogens is 334 g/mol. The van der Waals surface area contributed by atoms with Crippen LogP contribution in [0.4, 0.5) is 0 Å². The summed E-state index contributed by atoms with van der Waals surface area (Å²) in [4.78, 5) is 15.0. The Labute approximate surface area is 153 Å². The van der Waals surface area contributed by atoms with Crippen LogP contribution in [0.2, 0.25) is 0 Å². The summed E-state index contributed by atoms with van der Waals surface area (Å²) in [5.74, 6) is 1.35. The predicted molar refractivity (Wildman–Crippen MR) is 95.5 cm³/mol. The lowest BCUT2D eigenvalue weighted by atomic mass is 9.73. The number of carbonyl (C=O) groups excluding carboxylic acids is 1. The lowest BCUT2D eigenvalue weighted by molar-refractivity contribution is -0.144. The minimum atomic E-state index is -0.133. The van der Waals surface area contributed by atoms with Crippen LogP contribution in [0.5, 0.6) is 11.5 Å². The molecule has 0 bridgehead atoms. The summed E-state index contributed by atoms with van der Waals surface area (Å²) in [6, 6.07) is 5.38. The molecular formula is C20H25NO5. The van der Waals surface area contributed by atoms with E-state index in [-0.39, 0.29) is 24.2 Å². The van der Waals surface area contributed by atoms with Gasteiger partial charge in [0.15, 0.2) is 11.5 Å². The summed E-state index contributed by atoms with van der Waals surface area (Å²) in [5.41, 5.74) is 0.498. The van der Waals surface area contributed by atoms with Gasteiger partial charge in [0.25, 0.3) is 5.91 Å². The van der Waals surface area contributed by atoms with Crippen molar-refractivity contribution in [1.29, 1.82) is 0 Å². The number of carbonyl (C=O) groups is 1. The van der Waals surface area contributed by atoms with Crippen molar-refractivity contribution in [3.05, 3.63) is 36.4 Å². The van der Waals surface area contributed by atoms with Gasteiger partial charge in [0.2, 0.25) is 6.79 Å². The molecule has 3 heterocycles. The van der Waals surface area contributed by atoms with Crippen LogP contribution in [0.3, 0.4) is 0 Å². The zero-order valence-electron chi connectivity index (χ0n) is 14.9. The van der Waals surface area contributed by atoms with E-state index in [1.165, 1.54) is 0 Å². The summed E-state index contributed by atoms with van der Waals surface area (Å²) in [6.07, 6.45) is 4.77. The third-order valence-electron chi connectivity index (χ3n) is 5.52. The molecule has 6 nitrogen and oxygen atoms in total. The number of rotatable bonds is 5. The molecule has 0 saturated carbocycles. The van der Waals surface area contributed by atoms with Gasteiger partial charge in [0.05, 0.1) is 19.3 Å². The Morgan fingerprint density at radius 2 is 2.27 bits per heavy atom. The molecule has 0 aromatic heterocycles. The van der Waals surface area contributed by atoms with Gasteiger partial charge in [0, 0.05) is 30.7 Å². The van der Waals surface area contributed by atoms with Crippen LogP contribution in [-0.4, -0.2) is 56.6 Å². The van der Waals surface area contributed by atoms with Gasteiger partial charge >= 0.3 is 0 Å². The van der Waals surface area contributed by atoms with E-state index < -0.39 is 0 Å². The van der Waals surface area contributed by atoms with Crippen LogP contribution in [0.1, 0.15) is 29.6 Å². The molecule has 0 spiro atoms. The number of ether oxygens (including phenoxy) is 4. The number of benzene rings is 1. The van der Waals surface area contributed by atoms with E-state index in [4.69, 9.17) is 18.9 Å². The van der Waals surface area contributed by atoms with E-state index >= 15 is 0 Å². The molecule has 6 heteroatoms. The summed E-state index contributed by atoms with van der Waals surface area (Å²) < 4.78 is 22.6. The van der Waals surface area contributed by atoms with Gasteiger partial charge in [0.1, 0.15) is 0 Å². The Hall–Kier alpha value is -2.05. The predicted octanol–water partition coefficient (Wildman–Crippen LogP) is 2.63. The van der Waals surface area contributed by atoms with Crippen molar-refractivity contribution in [3.8, 4) is 11.5 Å². The maximum atomic E-state index is 13.1. The molecule has 1 aromatic carbocycles. The summed E-state index contributed by atoms with van der Waals surface area (Å²) >= 11 is 0. The Kier molecular flexibility index (Phi) is 4.87. The molecule has 0 aliphatic carbocycles. The summed E-state index contributed by atoms with van der Waals surface area (Å²) in [7, 11) is 0. The highest BCUT2D eigenvalue weighted by atomic mass is 16.7. The first-order valence-corrected chi connectivity index (χ1v) is 9.21. The third-order valence-corrected chi connectivity index (χ3v) is 5.52. The van der Waals surface area contributed by atoms with Crippen LogP contribution in [0, 0.1) is 5.41 Å². The minimum Gasteiger partial charge on any atom is -0.454 e. The average Bonchev–Trinajstić information content (AvgIpc) is 3.15. The molecule has 26 heavy (non-hydrogen) atoms. The Bertz CT molecular complexity index is 691. The second-order valence-corrected chi connectivity index (χ2v) is 7.21. The fraction of sp³-hybridized carbons (Fsp3) is 0.550. The van der Waals surface area contributed by atoms with Gasteiger partial charge in [-0.05, 0) is 37.5 Å². The van der Waals surface area contributed by atoms with Gasteiger partial charge in [-0.3, -0.25) is 4.79 Å². The van der Waals surface area contributed by atoms with Gasteiger partial charge < -0.3 is 23.8 Å². The zero-order chi connectivity index (χ0) is 18.0. The lowest BCUT2D eigenvalue weighted by Gasteiger charge is -2.50. The second kappa shape index (κ2) is 7.29. The number of hydrogen-bond donors (Lipinski definition) is 0. The first kappa shape index (κ1) is 17.4. The molecule has 140 valence electrons. The van der Waals surface area contributed by atoms with Crippen LogP contribution in [-0.2, 0) is 9.47 Å². The van der Waals surface area contributed by atoms with Crippen molar-refractivity contribution in [2.45, 2.75) is 25.4 Å². The maximum Gasteiger partial charge on any atom is 0.254 e. The SMILES string of the molecule is C=CCOCC12CCCOC1CCN(C(=O)c1ccc3c(c1)OCO3)C2. The van der Waals surface area contributed by atoms with Crippen LogP contribution < -0.4 is 9.47 Å². The standard InChI is InChI=1S/C20H25NO5/c1-2-9-23-13-20-7-3-10-24-18(20)6-8-21(12-20)19(22)15-4-5-16-17(11-15)26-14-25-16/h2,4-5,11,18H,1,3,6-10,12-14H2. The highest BCUT2D eigenvalue weighted by Gasteiger charge is 2.47. The molecule has 1 amide bonds. The van der Waals surface area contributed by atoms with Gasteiger partial charge in [-0.15, -0.1) is 6.58 Å². The van der Waals surface area contributed by atoms with E-state index in [0.717, 1.165) is 25.9 Å². The number of nitrogens with zero attached hydrogens (tertiary/aromatic N) is 1. The highest BCUT2D eigenvalue weighted by Crippen LogP contribution is 2.41. The molecule has 2 fully saturated rings. The molecule has 0 radical (unpaired) electrons. The molecule has 2 atom stereocenters. The number of piperidine rings is 1. The van der Waals surface area contributed by atoms with E-state index in [2.05, 4.69) is 6.58 Å². The van der Waals surface area contributed by atoms with Crippen molar-refractivity contribution in [3.63, 3.8) is 0 Å². The monoisotopic (exact) mass is 359 g/mol. The first-order valence-electron chi connectivity index (χ1n) is 9.21. The van der Waals surface area contributed by atoms with Crippen LogP contribution in [0.25, 0.3) is 0 Å². The maximum absolute atomic E-state index is 13.1. The first-order chi connectivity index (χ1) is 12.7. The van der Waals surface area contributed by atoms with Gasteiger partial charge in [-0.2, -0.15) is 0 Å². The van der Waals surface area contributed by atoms with Crippen molar-refractivity contribution < 1.29 is 23.7 Å². The van der Waals surface area contributed by atoms with Crippen LogP contribution in [0.15, 0.2) is 30.9 Å². The molecule has 4 rings (SSSR count). The molecule has 1 aromatic rings. The quantitative estimate of drug-likeness (QED) is 0.598. The number of hydrogen-bond acceptors (Lipinski definition) is 5. The van der Waals surface area contributed by atoms with E-state index in [1.54, 1.807) is 24.3 Å².